The van der Waals surface area contributed by atoms with Gasteiger partial charge in [0.2, 0.25) is 5.91 Å². The lowest BCUT2D eigenvalue weighted by atomic mass is 9.63. The van der Waals surface area contributed by atoms with Gasteiger partial charge >= 0.3 is 0 Å². The number of ether oxygens (including phenoxy) is 1. The van der Waals surface area contributed by atoms with Crippen LogP contribution in [0.1, 0.15) is 47.5 Å². The first kappa shape index (κ1) is 14.8. The second-order valence-corrected chi connectivity index (χ2v) is 6.87. The van der Waals surface area contributed by atoms with E-state index < -0.39 is 0 Å². The van der Waals surface area contributed by atoms with Gasteiger partial charge in [-0.15, -0.1) is 0 Å². The van der Waals surface area contributed by atoms with Crippen molar-refractivity contribution in [1.82, 2.24) is 10.2 Å². The third-order valence-electron chi connectivity index (χ3n) is 4.67. The van der Waals surface area contributed by atoms with Crippen molar-refractivity contribution in [2.45, 2.75) is 65.6 Å². The van der Waals surface area contributed by atoms with Gasteiger partial charge in [0.05, 0.1) is 18.8 Å². The Morgan fingerprint density at radius 1 is 1.47 bits per heavy atom. The van der Waals surface area contributed by atoms with Crippen molar-refractivity contribution >= 4 is 5.91 Å². The lowest BCUT2D eigenvalue weighted by molar-refractivity contribution is -0.163. The lowest BCUT2D eigenvalue weighted by Gasteiger charge is -2.54. The molecule has 1 heterocycles. The molecule has 0 spiro atoms. The molecule has 1 amide bonds. The predicted molar refractivity (Wildman–Crippen MR) is 75.7 cm³/mol. The van der Waals surface area contributed by atoms with Crippen LogP contribution in [0.4, 0.5) is 0 Å². The third kappa shape index (κ3) is 2.65. The Bertz CT molecular complexity index is 341. The largest absolute Gasteiger partial charge is 0.378 e. The molecular weight excluding hydrogens is 240 g/mol. The van der Waals surface area contributed by atoms with E-state index in [9.17, 15) is 4.79 Å². The first-order valence-electron chi connectivity index (χ1n) is 7.53. The fourth-order valence-corrected chi connectivity index (χ4v) is 3.37. The molecule has 1 aliphatic heterocycles. The van der Waals surface area contributed by atoms with Gasteiger partial charge < -0.3 is 9.64 Å². The van der Waals surface area contributed by atoms with E-state index in [2.05, 4.69) is 33.0 Å². The number of rotatable bonds is 5. The van der Waals surface area contributed by atoms with Crippen LogP contribution in [-0.2, 0) is 9.53 Å². The van der Waals surface area contributed by atoms with Crippen molar-refractivity contribution in [2.24, 2.45) is 11.3 Å². The zero-order chi connectivity index (χ0) is 14.2. The summed E-state index contributed by atoms with van der Waals surface area (Å²) in [4.78, 5) is 14.5. The zero-order valence-corrected chi connectivity index (χ0v) is 12.9. The standard InChI is InChI=1S/C15H28N2O2/c1-6-19-13-8-12(15(13,4)5)17-9-16-11(14(17)18)7-10(2)3/h10-13,16H,6-9H2,1-5H3. The summed E-state index contributed by atoms with van der Waals surface area (Å²) in [7, 11) is 0. The molecule has 2 fully saturated rings. The van der Waals surface area contributed by atoms with Crippen LogP contribution in [0, 0.1) is 11.3 Å². The number of nitrogens with zero attached hydrogens (tertiary/aromatic N) is 1. The van der Waals surface area contributed by atoms with Crippen LogP contribution >= 0.6 is 0 Å². The van der Waals surface area contributed by atoms with Gasteiger partial charge in [-0.3, -0.25) is 10.1 Å². The van der Waals surface area contributed by atoms with Crippen molar-refractivity contribution in [3.63, 3.8) is 0 Å². The number of nitrogens with one attached hydrogen (secondary N) is 1. The Morgan fingerprint density at radius 2 is 2.16 bits per heavy atom. The van der Waals surface area contributed by atoms with Gasteiger partial charge in [0.25, 0.3) is 0 Å². The summed E-state index contributed by atoms with van der Waals surface area (Å²) in [6.45, 7) is 12.2. The average molecular weight is 268 g/mol. The van der Waals surface area contributed by atoms with Crippen LogP contribution in [0.15, 0.2) is 0 Å². The Morgan fingerprint density at radius 3 is 2.68 bits per heavy atom. The molecule has 4 nitrogen and oxygen atoms in total. The van der Waals surface area contributed by atoms with Crippen molar-refractivity contribution in [2.75, 3.05) is 13.3 Å². The molecule has 0 radical (unpaired) electrons. The van der Waals surface area contributed by atoms with Crippen molar-refractivity contribution in [1.29, 1.82) is 0 Å². The maximum atomic E-state index is 12.5. The van der Waals surface area contributed by atoms with Gasteiger partial charge in [0.1, 0.15) is 0 Å². The van der Waals surface area contributed by atoms with E-state index in [4.69, 9.17) is 4.74 Å². The maximum Gasteiger partial charge on any atom is 0.241 e. The first-order valence-corrected chi connectivity index (χ1v) is 7.53. The maximum absolute atomic E-state index is 12.5. The van der Waals surface area contributed by atoms with E-state index in [1.807, 2.05) is 11.8 Å². The predicted octanol–water partition coefficient (Wildman–Crippen LogP) is 1.99. The Kier molecular flexibility index (Phi) is 4.21. The summed E-state index contributed by atoms with van der Waals surface area (Å²) >= 11 is 0. The molecule has 0 aromatic carbocycles. The summed E-state index contributed by atoms with van der Waals surface area (Å²) in [5, 5.41) is 3.36. The molecule has 1 saturated carbocycles. The van der Waals surface area contributed by atoms with Crippen LogP contribution in [0.25, 0.3) is 0 Å². The highest BCUT2D eigenvalue weighted by molar-refractivity contribution is 5.84. The number of carbonyl (C=O) groups excluding carboxylic acids is 1. The van der Waals surface area contributed by atoms with Crippen molar-refractivity contribution in [3.8, 4) is 0 Å². The first-order chi connectivity index (χ1) is 8.87. The quantitative estimate of drug-likeness (QED) is 0.829. The molecule has 4 heteroatoms. The molecule has 1 aliphatic carbocycles. The number of hydrogen-bond donors (Lipinski definition) is 1. The Labute approximate surface area is 116 Å². The summed E-state index contributed by atoms with van der Waals surface area (Å²) in [6, 6.07) is 0.336. The highest BCUT2D eigenvalue weighted by Gasteiger charge is 2.54. The van der Waals surface area contributed by atoms with Crippen molar-refractivity contribution in [3.05, 3.63) is 0 Å². The fraction of sp³-hybridized carbons (Fsp3) is 0.933. The van der Waals surface area contributed by atoms with Gasteiger partial charge in [-0.1, -0.05) is 27.7 Å². The number of amides is 1. The van der Waals surface area contributed by atoms with Crippen LogP contribution in [0.3, 0.4) is 0 Å². The summed E-state index contributed by atoms with van der Waals surface area (Å²) in [5.41, 5.74) is 0.0695. The molecule has 0 bridgehead atoms. The summed E-state index contributed by atoms with van der Waals surface area (Å²) in [6.07, 6.45) is 2.19. The molecule has 19 heavy (non-hydrogen) atoms. The highest BCUT2D eigenvalue weighted by Crippen LogP contribution is 2.46. The fourth-order valence-electron chi connectivity index (χ4n) is 3.37. The minimum Gasteiger partial charge on any atom is -0.378 e. The Hall–Kier alpha value is -0.610. The minimum atomic E-state index is 0.0157. The van der Waals surface area contributed by atoms with E-state index >= 15 is 0 Å². The van der Waals surface area contributed by atoms with E-state index in [1.54, 1.807) is 0 Å². The minimum absolute atomic E-state index is 0.0157. The average Bonchev–Trinajstić information content (AvgIpc) is 2.65. The van der Waals surface area contributed by atoms with Crippen LogP contribution in [0.2, 0.25) is 0 Å². The Balaban J connectivity index is 1.96. The van der Waals surface area contributed by atoms with Gasteiger partial charge in [0.15, 0.2) is 0 Å². The van der Waals surface area contributed by atoms with E-state index in [-0.39, 0.29) is 17.4 Å². The van der Waals surface area contributed by atoms with Gasteiger partial charge in [-0.25, -0.2) is 0 Å². The second-order valence-electron chi connectivity index (χ2n) is 6.87. The van der Waals surface area contributed by atoms with Crippen LogP contribution in [0.5, 0.6) is 0 Å². The van der Waals surface area contributed by atoms with Crippen LogP contribution in [-0.4, -0.2) is 42.3 Å². The van der Waals surface area contributed by atoms with E-state index in [0.717, 1.165) is 19.4 Å². The third-order valence-corrected chi connectivity index (χ3v) is 4.67. The monoisotopic (exact) mass is 268 g/mol. The topological polar surface area (TPSA) is 41.6 Å². The molecule has 0 aromatic heterocycles. The molecule has 1 N–H and O–H groups in total. The normalized spacial score (nSPS) is 33.9. The summed E-state index contributed by atoms with van der Waals surface area (Å²) in [5.74, 6) is 0.827. The molecule has 3 unspecified atom stereocenters. The molecule has 1 saturated heterocycles. The smallest absolute Gasteiger partial charge is 0.241 e. The van der Waals surface area contributed by atoms with Gasteiger partial charge in [-0.05, 0) is 25.7 Å². The zero-order valence-electron chi connectivity index (χ0n) is 12.9. The van der Waals surface area contributed by atoms with Crippen molar-refractivity contribution < 1.29 is 9.53 Å². The molecule has 3 atom stereocenters. The number of carbonyl (C=O) groups is 1. The SMILES string of the molecule is CCOC1CC(N2CNC(CC(C)C)C2=O)C1(C)C. The number of hydrogen-bond acceptors (Lipinski definition) is 3. The molecule has 0 aromatic rings. The van der Waals surface area contributed by atoms with E-state index in [1.165, 1.54) is 0 Å². The van der Waals surface area contributed by atoms with Gasteiger partial charge in [0, 0.05) is 18.1 Å². The van der Waals surface area contributed by atoms with Crippen LogP contribution < -0.4 is 5.32 Å². The molecular formula is C15H28N2O2. The molecule has 110 valence electrons. The van der Waals surface area contributed by atoms with Gasteiger partial charge in [-0.2, -0.15) is 0 Å². The van der Waals surface area contributed by atoms with E-state index in [0.29, 0.717) is 24.7 Å². The molecule has 2 aliphatic rings. The lowest BCUT2D eigenvalue weighted by Crippen LogP contribution is -2.62. The summed E-state index contributed by atoms with van der Waals surface area (Å²) < 4.78 is 5.75. The molecule has 2 rings (SSSR count). The highest BCUT2D eigenvalue weighted by atomic mass is 16.5. The second kappa shape index (κ2) is 5.41.